The van der Waals surface area contributed by atoms with Crippen molar-refractivity contribution in [3.63, 3.8) is 0 Å². The lowest BCUT2D eigenvalue weighted by atomic mass is 10.2. The summed E-state index contributed by atoms with van der Waals surface area (Å²) >= 11 is 1.50. The Balaban J connectivity index is 1.98. The van der Waals surface area contributed by atoms with Crippen molar-refractivity contribution in [3.05, 3.63) is 0 Å². The number of nitrogens with one attached hydrogen (secondary N) is 1. The van der Waals surface area contributed by atoms with Gasteiger partial charge in [-0.15, -0.1) is 5.10 Å². The van der Waals surface area contributed by atoms with E-state index < -0.39 is 24.4 Å². The Kier molecular flexibility index (Phi) is 6.24. The molecule has 11 heteroatoms. The Morgan fingerprint density at radius 3 is 2.69 bits per heavy atom. The van der Waals surface area contributed by atoms with Crippen LogP contribution in [0, 0.1) is 0 Å². The molecule has 26 heavy (non-hydrogen) atoms. The summed E-state index contributed by atoms with van der Waals surface area (Å²) in [7, 11) is 0. The summed E-state index contributed by atoms with van der Waals surface area (Å²) in [6, 6.07) is -0.616. The van der Waals surface area contributed by atoms with E-state index in [1.807, 2.05) is 0 Å². The third kappa shape index (κ3) is 3.76. The quantitative estimate of drug-likeness (QED) is 0.230. The number of rotatable bonds is 8. The number of aliphatic hydroxyl groups is 4. The summed E-state index contributed by atoms with van der Waals surface area (Å²) < 4.78 is 1.45. The van der Waals surface area contributed by atoms with Gasteiger partial charge in [0.2, 0.25) is 0 Å². The molecule has 1 fully saturated rings. The van der Waals surface area contributed by atoms with E-state index in [2.05, 4.69) is 32.5 Å². The van der Waals surface area contributed by atoms with Gasteiger partial charge in [-0.1, -0.05) is 23.9 Å². The predicted octanol–water partition coefficient (Wildman–Crippen LogP) is -0.455. The van der Waals surface area contributed by atoms with Crippen molar-refractivity contribution in [2.24, 2.45) is 0 Å². The first-order valence-corrected chi connectivity index (χ1v) is 9.70. The normalized spacial score (nSPS) is 25.9. The minimum atomic E-state index is -1.22. The minimum Gasteiger partial charge on any atom is -0.396 e. The number of aliphatic hydroxyl groups excluding tert-OH is 4. The fraction of sp³-hybridized carbons (Fsp3) is 0.733. The zero-order chi connectivity index (χ0) is 18.7. The van der Waals surface area contributed by atoms with Gasteiger partial charge in [0.1, 0.15) is 12.2 Å². The van der Waals surface area contributed by atoms with Crippen LogP contribution < -0.4 is 5.32 Å². The number of thioether (sulfide) groups is 1. The fourth-order valence-electron chi connectivity index (χ4n) is 2.93. The number of aromatic nitrogens is 5. The molecular weight excluding hydrogens is 360 g/mol. The van der Waals surface area contributed by atoms with Gasteiger partial charge in [0.25, 0.3) is 0 Å². The second kappa shape index (κ2) is 8.44. The van der Waals surface area contributed by atoms with Gasteiger partial charge in [-0.3, -0.25) is 0 Å². The van der Waals surface area contributed by atoms with Crippen molar-refractivity contribution in [3.8, 4) is 0 Å². The second-order valence-corrected chi connectivity index (χ2v) is 7.33. The van der Waals surface area contributed by atoms with Crippen molar-refractivity contribution in [2.45, 2.75) is 55.7 Å². The van der Waals surface area contributed by atoms with E-state index in [0.717, 1.165) is 12.2 Å². The second-order valence-electron chi connectivity index (χ2n) is 6.26. The van der Waals surface area contributed by atoms with E-state index in [9.17, 15) is 15.3 Å². The lowest BCUT2D eigenvalue weighted by Gasteiger charge is -2.16. The first kappa shape index (κ1) is 19.2. The number of anilines is 1. The number of nitrogens with zero attached hydrogens (tertiary/aromatic N) is 5. The van der Waals surface area contributed by atoms with Gasteiger partial charge in [-0.2, -0.15) is 0 Å². The van der Waals surface area contributed by atoms with Crippen molar-refractivity contribution in [1.82, 2.24) is 25.0 Å². The largest absolute Gasteiger partial charge is 0.396 e. The van der Waals surface area contributed by atoms with Gasteiger partial charge in [0, 0.05) is 25.3 Å². The van der Waals surface area contributed by atoms with E-state index in [0.29, 0.717) is 35.1 Å². The molecule has 2 heterocycles. The van der Waals surface area contributed by atoms with Crippen molar-refractivity contribution < 1.29 is 20.4 Å². The molecule has 0 unspecified atom stereocenters. The van der Waals surface area contributed by atoms with E-state index in [-0.39, 0.29) is 13.0 Å². The standard InChI is InChI=1S/C15H24N6O4S/c1-2-6-26-15-17-13(16-4-3-5-22)10-14(18-15)21(20-19-10)8-7-9(23)12(25)11(8)24/h8-9,11-12,22-25H,2-7H2,1H3,(H,16,17,18)/t8-,9+,11+,12-/m1/s1. The lowest BCUT2D eigenvalue weighted by molar-refractivity contribution is -0.0253. The maximum absolute atomic E-state index is 10.2. The van der Waals surface area contributed by atoms with Crippen LogP contribution in [0.4, 0.5) is 5.82 Å². The molecule has 144 valence electrons. The van der Waals surface area contributed by atoms with Crippen molar-refractivity contribution in [2.75, 3.05) is 24.2 Å². The van der Waals surface area contributed by atoms with E-state index >= 15 is 0 Å². The summed E-state index contributed by atoms with van der Waals surface area (Å²) in [5.74, 6) is 1.37. The van der Waals surface area contributed by atoms with Crippen molar-refractivity contribution >= 4 is 28.7 Å². The first-order valence-electron chi connectivity index (χ1n) is 8.71. The van der Waals surface area contributed by atoms with Crippen LogP contribution in [-0.2, 0) is 0 Å². The van der Waals surface area contributed by atoms with Crippen LogP contribution in [0.2, 0.25) is 0 Å². The summed E-state index contributed by atoms with van der Waals surface area (Å²) in [5.41, 5.74) is 0.891. The Morgan fingerprint density at radius 2 is 2.04 bits per heavy atom. The summed E-state index contributed by atoms with van der Waals surface area (Å²) in [5, 5.41) is 50.8. The predicted molar refractivity (Wildman–Crippen MR) is 96.0 cm³/mol. The SMILES string of the molecule is CCCSc1nc(NCCCO)c2nnn([C@@H]3C[C@H](O)[C@@H](O)[C@H]3O)c2n1. The molecule has 0 aromatic carbocycles. The highest BCUT2D eigenvalue weighted by molar-refractivity contribution is 7.99. The molecule has 0 saturated heterocycles. The van der Waals surface area contributed by atoms with Crippen LogP contribution in [-0.4, -0.2) is 82.6 Å². The van der Waals surface area contributed by atoms with Crippen LogP contribution in [0.25, 0.3) is 11.2 Å². The highest BCUT2D eigenvalue weighted by atomic mass is 32.2. The van der Waals surface area contributed by atoms with Crippen LogP contribution in [0.3, 0.4) is 0 Å². The smallest absolute Gasteiger partial charge is 0.191 e. The zero-order valence-electron chi connectivity index (χ0n) is 14.5. The first-order chi connectivity index (χ1) is 12.6. The number of hydrogen-bond acceptors (Lipinski definition) is 10. The third-order valence-electron chi connectivity index (χ3n) is 4.30. The molecule has 4 atom stereocenters. The van der Waals surface area contributed by atoms with Gasteiger partial charge >= 0.3 is 0 Å². The molecule has 2 aromatic rings. The summed E-state index contributed by atoms with van der Waals surface area (Å²) in [6.45, 7) is 2.65. The molecule has 0 spiro atoms. The van der Waals surface area contributed by atoms with Gasteiger partial charge in [-0.05, 0) is 12.8 Å². The maximum Gasteiger partial charge on any atom is 0.191 e. The molecule has 1 saturated carbocycles. The number of hydrogen-bond donors (Lipinski definition) is 5. The van der Waals surface area contributed by atoms with Crippen LogP contribution in [0.1, 0.15) is 32.2 Å². The number of fused-ring (bicyclic) bond motifs is 1. The maximum atomic E-state index is 10.2. The van der Waals surface area contributed by atoms with Crippen LogP contribution in [0.5, 0.6) is 0 Å². The van der Waals surface area contributed by atoms with Gasteiger partial charge in [-0.25, -0.2) is 14.6 Å². The minimum absolute atomic E-state index is 0.0649. The highest BCUT2D eigenvalue weighted by Crippen LogP contribution is 2.33. The van der Waals surface area contributed by atoms with Crippen molar-refractivity contribution in [1.29, 1.82) is 0 Å². The molecule has 1 aliphatic rings. The average Bonchev–Trinajstić information content (AvgIpc) is 3.16. The zero-order valence-corrected chi connectivity index (χ0v) is 15.3. The fourth-order valence-corrected chi connectivity index (χ4v) is 3.62. The van der Waals surface area contributed by atoms with E-state index in [1.54, 1.807) is 0 Å². The third-order valence-corrected chi connectivity index (χ3v) is 5.35. The molecule has 0 amide bonds. The molecule has 2 aromatic heterocycles. The summed E-state index contributed by atoms with van der Waals surface area (Å²) in [6.07, 6.45) is -1.70. The monoisotopic (exact) mass is 384 g/mol. The molecule has 1 aliphatic carbocycles. The Labute approximate surface area is 154 Å². The van der Waals surface area contributed by atoms with Crippen LogP contribution in [0.15, 0.2) is 5.16 Å². The molecule has 3 rings (SSSR count). The molecular formula is C15H24N6O4S. The Bertz CT molecular complexity index is 744. The highest BCUT2D eigenvalue weighted by Gasteiger charge is 2.43. The lowest BCUT2D eigenvalue weighted by Crippen LogP contribution is -2.31. The topological polar surface area (TPSA) is 149 Å². The molecule has 0 aliphatic heterocycles. The van der Waals surface area contributed by atoms with E-state index in [1.165, 1.54) is 16.4 Å². The molecule has 0 bridgehead atoms. The molecule has 0 radical (unpaired) electrons. The Morgan fingerprint density at radius 1 is 1.23 bits per heavy atom. The van der Waals surface area contributed by atoms with Gasteiger partial charge < -0.3 is 25.7 Å². The molecule has 10 nitrogen and oxygen atoms in total. The van der Waals surface area contributed by atoms with Gasteiger partial charge in [0.15, 0.2) is 22.1 Å². The van der Waals surface area contributed by atoms with E-state index in [4.69, 9.17) is 5.11 Å². The van der Waals surface area contributed by atoms with Crippen LogP contribution >= 0.6 is 11.8 Å². The average molecular weight is 384 g/mol. The molecule has 5 N–H and O–H groups in total. The van der Waals surface area contributed by atoms with Gasteiger partial charge in [0.05, 0.1) is 12.1 Å². The summed E-state index contributed by atoms with van der Waals surface area (Å²) in [4.78, 5) is 9.00. The Hall–Kier alpha value is -1.53.